The zero-order chi connectivity index (χ0) is 6.57. The van der Waals surface area contributed by atoms with Crippen LogP contribution in [-0.2, 0) is 36.7 Å². The van der Waals surface area contributed by atoms with Gasteiger partial charge in [0.15, 0.2) is 0 Å². The molecule has 0 heterocycles. The zero-order valence-corrected chi connectivity index (χ0v) is 6.29. The zero-order valence-electron chi connectivity index (χ0n) is 4.81. The molecule has 2 N–H and O–H groups in total. The van der Waals surface area contributed by atoms with Crippen molar-refractivity contribution in [2.24, 2.45) is 5.73 Å². The molecule has 0 amide bonds. The van der Waals surface area contributed by atoms with Gasteiger partial charge in [-0.3, -0.25) is 9.59 Å². The summed E-state index contributed by atoms with van der Waals surface area (Å²) in [4.78, 5) is 20.0. The quantitative estimate of drug-likeness (QED) is 0.354. The molecule has 0 aromatic heterocycles. The number of carbonyl (C=O) groups excluding carboxylic acids is 2. The van der Waals surface area contributed by atoms with Gasteiger partial charge in [0, 0.05) is 29.3 Å². The summed E-state index contributed by atoms with van der Waals surface area (Å²) in [6.07, 6.45) is 0. The Morgan fingerprint density at radius 1 is 1.56 bits per heavy atom. The molecule has 57 valence electrons. The Hall–Kier alpha value is -0.160. The van der Waals surface area contributed by atoms with Crippen molar-refractivity contribution in [3.8, 4) is 0 Å². The van der Waals surface area contributed by atoms with Gasteiger partial charge in [-0.05, 0) is 0 Å². The van der Waals surface area contributed by atoms with Crippen LogP contribution >= 0.6 is 0 Å². The number of carbonyl (C=O) groups is 2. The minimum atomic E-state index is -0.697. The molecule has 0 unspecified atom stereocenters. The van der Waals surface area contributed by atoms with E-state index in [2.05, 4.69) is 4.74 Å². The molecule has 0 rings (SSSR count). The van der Waals surface area contributed by atoms with Crippen LogP contribution in [0.25, 0.3) is 0 Å². The Morgan fingerprint density at radius 2 is 2.00 bits per heavy atom. The van der Waals surface area contributed by atoms with Crippen molar-refractivity contribution in [3.63, 3.8) is 0 Å². The average Bonchev–Trinajstić information content (AvgIpc) is 1.65. The number of ether oxygens (including phenoxy) is 1. The van der Waals surface area contributed by atoms with E-state index in [0.29, 0.717) is 0 Å². The van der Waals surface area contributed by atoms with E-state index in [1.807, 2.05) is 0 Å². The predicted octanol–water partition coefficient (Wildman–Crippen LogP) is -0.968. The standard InChI is InChI=1S/C4H7NO3.Ag/c1-3(6)8-4(7)2-5;/h2,5H2,1H3;. The van der Waals surface area contributed by atoms with Gasteiger partial charge >= 0.3 is 11.9 Å². The maximum atomic E-state index is 10.1. The maximum absolute atomic E-state index is 10.1. The van der Waals surface area contributed by atoms with Crippen LogP contribution in [0.2, 0.25) is 0 Å². The van der Waals surface area contributed by atoms with Gasteiger partial charge in [-0.2, -0.15) is 0 Å². The molecule has 9 heavy (non-hydrogen) atoms. The van der Waals surface area contributed by atoms with Gasteiger partial charge in [0.25, 0.3) is 0 Å². The van der Waals surface area contributed by atoms with E-state index in [1.54, 1.807) is 0 Å². The molecule has 0 aromatic rings. The molecule has 1 radical (unpaired) electrons. The van der Waals surface area contributed by atoms with Gasteiger partial charge in [0.1, 0.15) is 0 Å². The molecule has 0 aliphatic heterocycles. The molecular weight excluding hydrogens is 218 g/mol. The first-order chi connectivity index (χ1) is 3.66. The summed E-state index contributed by atoms with van der Waals surface area (Å²) in [6, 6.07) is 0. The van der Waals surface area contributed by atoms with Crippen molar-refractivity contribution in [1.29, 1.82) is 0 Å². The number of hydrogen-bond acceptors (Lipinski definition) is 4. The van der Waals surface area contributed by atoms with Crippen LogP contribution in [0, 0.1) is 0 Å². The molecule has 0 fully saturated rings. The normalized spacial score (nSPS) is 7.33. The summed E-state index contributed by atoms with van der Waals surface area (Å²) in [5, 5.41) is 0. The first-order valence-electron chi connectivity index (χ1n) is 2.08. The van der Waals surface area contributed by atoms with Gasteiger partial charge in [-0.1, -0.05) is 0 Å². The van der Waals surface area contributed by atoms with Gasteiger partial charge < -0.3 is 10.5 Å². The van der Waals surface area contributed by atoms with Crippen molar-refractivity contribution < 1.29 is 36.7 Å². The monoisotopic (exact) mass is 224 g/mol. The van der Waals surface area contributed by atoms with Crippen molar-refractivity contribution in [2.45, 2.75) is 6.92 Å². The van der Waals surface area contributed by atoms with Crippen LogP contribution in [0.3, 0.4) is 0 Å². The second-order valence-electron chi connectivity index (χ2n) is 1.17. The fourth-order valence-corrected chi connectivity index (χ4v) is 0.202. The Bertz CT molecular complexity index is 114. The van der Waals surface area contributed by atoms with E-state index in [4.69, 9.17) is 5.73 Å². The van der Waals surface area contributed by atoms with E-state index in [-0.39, 0.29) is 28.9 Å². The third-order valence-corrected chi connectivity index (χ3v) is 0.424. The fourth-order valence-electron chi connectivity index (χ4n) is 0.202. The minimum Gasteiger partial charge on any atom is -0.392 e. The second-order valence-corrected chi connectivity index (χ2v) is 1.17. The van der Waals surface area contributed by atoms with E-state index in [9.17, 15) is 9.59 Å². The Kier molecular flexibility index (Phi) is 7.70. The number of hydrogen-bond donors (Lipinski definition) is 1. The van der Waals surface area contributed by atoms with Crippen molar-refractivity contribution >= 4 is 11.9 Å². The van der Waals surface area contributed by atoms with Gasteiger partial charge in [0.05, 0.1) is 6.54 Å². The van der Waals surface area contributed by atoms with Gasteiger partial charge in [-0.15, -0.1) is 0 Å². The smallest absolute Gasteiger partial charge is 0.327 e. The van der Waals surface area contributed by atoms with Crippen molar-refractivity contribution in [3.05, 3.63) is 0 Å². The molecule has 0 atom stereocenters. The summed E-state index contributed by atoms with van der Waals surface area (Å²) >= 11 is 0. The van der Waals surface area contributed by atoms with Crippen molar-refractivity contribution in [1.82, 2.24) is 0 Å². The summed E-state index contributed by atoms with van der Waals surface area (Å²) in [5.41, 5.74) is 4.79. The molecule has 0 bridgehead atoms. The molecule has 0 saturated heterocycles. The van der Waals surface area contributed by atoms with E-state index >= 15 is 0 Å². The summed E-state index contributed by atoms with van der Waals surface area (Å²) < 4.78 is 4.00. The first-order valence-corrected chi connectivity index (χ1v) is 2.08. The van der Waals surface area contributed by atoms with Crippen molar-refractivity contribution in [2.75, 3.05) is 6.54 Å². The fraction of sp³-hybridized carbons (Fsp3) is 0.500. The van der Waals surface area contributed by atoms with Gasteiger partial charge in [0.2, 0.25) is 0 Å². The molecule has 0 aliphatic rings. The van der Waals surface area contributed by atoms with Crippen LogP contribution in [-0.4, -0.2) is 18.5 Å². The first kappa shape index (κ1) is 11.6. The summed E-state index contributed by atoms with van der Waals surface area (Å²) in [5.74, 6) is -1.32. The molecule has 0 spiro atoms. The molecule has 5 heteroatoms. The number of nitrogens with two attached hydrogens (primary N) is 1. The molecule has 0 saturated carbocycles. The van der Waals surface area contributed by atoms with Crippen LogP contribution in [0.15, 0.2) is 0 Å². The van der Waals surface area contributed by atoms with Crippen LogP contribution < -0.4 is 5.73 Å². The van der Waals surface area contributed by atoms with Crippen LogP contribution in [0.4, 0.5) is 0 Å². The van der Waals surface area contributed by atoms with E-state index in [1.165, 1.54) is 0 Å². The van der Waals surface area contributed by atoms with Crippen LogP contribution in [0.1, 0.15) is 6.92 Å². The summed E-state index contributed by atoms with van der Waals surface area (Å²) in [6.45, 7) is 0.896. The molecular formula is C4H7AgNO3. The largest absolute Gasteiger partial charge is 0.392 e. The molecule has 0 aliphatic carbocycles. The summed E-state index contributed by atoms with van der Waals surface area (Å²) in [7, 11) is 0. The SMILES string of the molecule is CC(=O)OC(=O)CN.[Ag]. The predicted molar refractivity (Wildman–Crippen MR) is 25.8 cm³/mol. The average molecular weight is 225 g/mol. The van der Waals surface area contributed by atoms with Gasteiger partial charge in [-0.25, -0.2) is 0 Å². The Labute approximate surface area is 68.2 Å². The second kappa shape index (κ2) is 5.97. The third kappa shape index (κ3) is 7.84. The Balaban J connectivity index is 0. The van der Waals surface area contributed by atoms with E-state index in [0.717, 1.165) is 6.92 Å². The maximum Gasteiger partial charge on any atom is 0.327 e. The molecule has 0 aromatic carbocycles. The topological polar surface area (TPSA) is 69.4 Å². The Morgan fingerprint density at radius 3 is 2.11 bits per heavy atom. The van der Waals surface area contributed by atoms with E-state index < -0.39 is 11.9 Å². The third-order valence-electron chi connectivity index (χ3n) is 0.424. The van der Waals surface area contributed by atoms with Crippen LogP contribution in [0.5, 0.6) is 0 Å². The number of rotatable bonds is 1. The minimum absolute atomic E-state index is 0. The molecule has 4 nitrogen and oxygen atoms in total. The number of esters is 2.